The Bertz CT molecular complexity index is 1400. The van der Waals surface area contributed by atoms with E-state index in [2.05, 4.69) is 35.5 Å². The standard InChI is InChI=1S/C25H27F4N7O3/c26-16-3-14(4-19(16)39-23(37)33-24-7-12(8-24)9-24)18-5-20(35-34-18)32-22-31-17(13-1-2-13)6-21-30-15(10-36(21)22)11-38-25(27,28)29/h5-6,10,12-14,16,19H,1-4,7-9,11H2,(H,33,37)(H2,31,32,34,35)/t12?,14-,16+,19-,24?/m0/s1. The van der Waals surface area contributed by atoms with Gasteiger partial charge < -0.3 is 15.4 Å². The second kappa shape index (κ2) is 8.80. The van der Waals surface area contributed by atoms with E-state index in [1.54, 1.807) is 16.5 Å². The van der Waals surface area contributed by atoms with Crippen LogP contribution in [0.25, 0.3) is 5.65 Å². The maximum Gasteiger partial charge on any atom is 0.522 e. The number of anilines is 2. The zero-order valence-electron chi connectivity index (χ0n) is 20.8. The number of hydrogen-bond donors (Lipinski definition) is 3. The molecule has 14 heteroatoms. The molecule has 2 bridgehead atoms. The van der Waals surface area contributed by atoms with Crippen LogP contribution in [0.2, 0.25) is 0 Å². The molecule has 0 aromatic carbocycles. The first-order valence-corrected chi connectivity index (χ1v) is 13.2. The Kier molecular flexibility index (Phi) is 5.55. The van der Waals surface area contributed by atoms with Crippen LogP contribution in [0.15, 0.2) is 18.3 Å². The zero-order valence-corrected chi connectivity index (χ0v) is 20.8. The van der Waals surface area contributed by atoms with Crippen LogP contribution in [0.1, 0.15) is 73.9 Å². The van der Waals surface area contributed by atoms with Gasteiger partial charge >= 0.3 is 12.5 Å². The monoisotopic (exact) mass is 549 g/mol. The Morgan fingerprint density at radius 3 is 2.64 bits per heavy atom. The first-order chi connectivity index (χ1) is 18.6. The summed E-state index contributed by atoms with van der Waals surface area (Å²) in [7, 11) is 0. The number of alkyl carbamates (subject to hydrolysis) is 1. The van der Waals surface area contributed by atoms with E-state index >= 15 is 0 Å². The summed E-state index contributed by atoms with van der Waals surface area (Å²) in [4.78, 5) is 21.2. The molecule has 5 saturated carbocycles. The first-order valence-electron chi connectivity index (χ1n) is 13.2. The van der Waals surface area contributed by atoms with Crippen molar-refractivity contribution >= 4 is 23.5 Å². The van der Waals surface area contributed by atoms with Gasteiger partial charge in [-0.05, 0) is 50.9 Å². The van der Waals surface area contributed by atoms with E-state index in [1.165, 1.54) is 6.20 Å². The maximum atomic E-state index is 14.8. The summed E-state index contributed by atoms with van der Waals surface area (Å²) in [5.41, 5.74) is 1.90. The van der Waals surface area contributed by atoms with Crippen molar-refractivity contribution in [2.45, 2.75) is 87.6 Å². The molecule has 0 saturated heterocycles. The number of carbonyl (C=O) groups excluding carboxylic acids is 1. The molecule has 1 amide bonds. The summed E-state index contributed by atoms with van der Waals surface area (Å²) in [6, 6.07) is 3.50. The van der Waals surface area contributed by atoms with Crippen molar-refractivity contribution in [3.63, 3.8) is 0 Å². The van der Waals surface area contributed by atoms with E-state index in [-0.39, 0.29) is 29.5 Å². The Morgan fingerprint density at radius 2 is 1.95 bits per heavy atom. The second-order valence-corrected chi connectivity index (χ2v) is 11.3. The quantitative estimate of drug-likeness (QED) is 0.340. The third-order valence-electron chi connectivity index (χ3n) is 8.27. The number of halogens is 4. The molecular weight excluding hydrogens is 522 g/mol. The van der Waals surface area contributed by atoms with E-state index in [9.17, 15) is 22.4 Å². The lowest BCUT2D eigenvalue weighted by Crippen LogP contribution is -2.68. The van der Waals surface area contributed by atoms with Crippen molar-refractivity contribution in [1.29, 1.82) is 0 Å². The lowest BCUT2D eigenvalue weighted by Gasteiger charge is -2.61. The Hall–Kier alpha value is -3.42. The minimum Gasteiger partial charge on any atom is -0.443 e. The van der Waals surface area contributed by atoms with Gasteiger partial charge in [0.25, 0.3) is 0 Å². The van der Waals surface area contributed by atoms with Crippen molar-refractivity contribution in [3.8, 4) is 0 Å². The number of aromatic amines is 1. The van der Waals surface area contributed by atoms with Gasteiger partial charge in [0.2, 0.25) is 5.95 Å². The molecule has 5 fully saturated rings. The van der Waals surface area contributed by atoms with Crippen molar-refractivity contribution in [2.24, 2.45) is 5.92 Å². The summed E-state index contributed by atoms with van der Waals surface area (Å²) in [5.74, 6) is 1.52. The molecule has 8 rings (SSSR count). The molecule has 208 valence electrons. The number of aromatic nitrogens is 5. The molecule has 5 aliphatic carbocycles. The molecule has 10 nitrogen and oxygen atoms in total. The zero-order chi connectivity index (χ0) is 26.9. The number of H-pyrrole nitrogens is 1. The number of nitrogens with zero attached hydrogens (tertiary/aromatic N) is 4. The predicted octanol–water partition coefficient (Wildman–Crippen LogP) is 4.97. The molecule has 0 radical (unpaired) electrons. The fourth-order valence-electron chi connectivity index (χ4n) is 6.02. The number of alkyl halides is 4. The third-order valence-corrected chi connectivity index (χ3v) is 8.27. The van der Waals surface area contributed by atoms with Crippen molar-refractivity contribution < 1.29 is 31.8 Å². The molecule has 0 aliphatic heterocycles. The highest BCUT2D eigenvalue weighted by Gasteiger charge is 2.58. The average molecular weight is 550 g/mol. The summed E-state index contributed by atoms with van der Waals surface area (Å²) >= 11 is 0. The van der Waals surface area contributed by atoms with Crippen LogP contribution in [0.4, 0.5) is 34.1 Å². The number of imidazole rings is 1. The van der Waals surface area contributed by atoms with E-state index < -0.39 is 31.3 Å². The number of amides is 1. The van der Waals surface area contributed by atoms with Gasteiger partial charge in [-0.15, -0.1) is 13.2 Å². The highest BCUT2D eigenvalue weighted by atomic mass is 19.4. The molecule has 0 unspecified atom stereocenters. The van der Waals surface area contributed by atoms with Gasteiger partial charge in [0, 0.05) is 41.4 Å². The first kappa shape index (κ1) is 24.6. The molecule has 3 atom stereocenters. The molecule has 3 heterocycles. The largest absolute Gasteiger partial charge is 0.522 e. The number of hydrogen-bond acceptors (Lipinski definition) is 7. The van der Waals surface area contributed by atoms with Crippen LogP contribution in [-0.2, 0) is 16.1 Å². The predicted molar refractivity (Wildman–Crippen MR) is 128 cm³/mol. The molecule has 3 aromatic rings. The van der Waals surface area contributed by atoms with Crippen molar-refractivity contribution in [2.75, 3.05) is 5.32 Å². The lowest BCUT2D eigenvalue weighted by molar-refractivity contribution is -0.330. The lowest BCUT2D eigenvalue weighted by atomic mass is 9.50. The fraction of sp³-hybridized carbons (Fsp3) is 0.600. The summed E-state index contributed by atoms with van der Waals surface area (Å²) in [6.45, 7) is -0.717. The van der Waals surface area contributed by atoms with Gasteiger partial charge in [0.1, 0.15) is 17.9 Å². The molecule has 5 aliphatic rings. The smallest absolute Gasteiger partial charge is 0.443 e. The minimum absolute atomic E-state index is 0.108. The van der Waals surface area contributed by atoms with E-state index in [1.807, 2.05) is 0 Å². The van der Waals surface area contributed by atoms with Crippen LogP contribution in [0, 0.1) is 5.92 Å². The van der Waals surface area contributed by atoms with E-state index in [4.69, 9.17) is 4.74 Å². The van der Waals surface area contributed by atoms with Crippen LogP contribution >= 0.6 is 0 Å². The summed E-state index contributed by atoms with van der Waals surface area (Å²) in [6.07, 6.45) is -0.584. The summed E-state index contributed by atoms with van der Waals surface area (Å²) < 4.78 is 63.2. The van der Waals surface area contributed by atoms with Crippen LogP contribution in [0.5, 0.6) is 0 Å². The Labute approximate surface area is 219 Å². The topological polar surface area (TPSA) is 118 Å². The average Bonchev–Trinajstić information content (AvgIpc) is 3.25. The number of nitrogens with one attached hydrogen (secondary N) is 3. The second-order valence-electron chi connectivity index (χ2n) is 11.3. The number of fused-ring (bicyclic) bond motifs is 1. The molecule has 3 aromatic heterocycles. The minimum atomic E-state index is -4.76. The molecule has 39 heavy (non-hydrogen) atoms. The molecular formula is C25H27F4N7O3. The van der Waals surface area contributed by atoms with Crippen LogP contribution < -0.4 is 10.6 Å². The van der Waals surface area contributed by atoms with Gasteiger partial charge in [0.05, 0.1) is 18.0 Å². The SMILES string of the molecule is O=C(NC12CC(C1)C2)O[C@H]1C[C@@H](c2cc(Nc3nc(C4CC4)cc4nc(COC(F)(F)F)cn34)n[nH]2)C[C@H]1F. The van der Waals surface area contributed by atoms with Gasteiger partial charge in [-0.2, -0.15) is 5.10 Å². The van der Waals surface area contributed by atoms with Gasteiger partial charge in [-0.3, -0.25) is 14.2 Å². The Morgan fingerprint density at radius 1 is 1.15 bits per heavy atom. The summed E-state index contributed by atoms with van der Waals surface area (Å²) in [5, 5.41) is 13.2. The van der Waals surface area contributed by atoms with E-state index in [0.29, 0.717) is 35.4 Å². The van der Waals surface area contributed by atoms with Gasteiger partial charge in [0.15, 0.2) is 5.82 Å². The van der Waals surface area contributed by atoms with Crippen LogP contribution in [0.3, 0.4) is 0 Å². The number of ether oxygens (including phenoxy) is 2. The Balaban J connectivity index is 1.04. The third kappa shape index (κ3) is 4.90. The van der Waals surface area contributed by atoms with Gasteiger partial charge in [-0.1, -0.05) is 0 Å². The normalized spacial score (nSPS) is 29.6. The van der Waals surface area contributed by atoms with Crippen molar-refractivity contribution in [3.05, 3.63) is 35.4 Å². The highest BCUT2D eigenvalue weighted by molar-refractivity contribution is 5.69. The van der Waals surface area contributed by atoms with Crippen LogP contribution in [-0.4, -0.2) is 54.8 Å². The fourth-order valence-corrected chi connectivity index (χ4v) is 6.02. The number of carbonyl (C=O) groups is 1. The van der Waals surface area contributed by atoms with Crippen molar-refractivity contribution in [1.82, 2.24) is 29.9 Å². The maximum absolute atomic E-state index is 14.8. The number of rotatable bonds is 8. The highest BCUT2D eigenvalue weighted by Crippen LogP contribution is 2.57. The van der Waals surface area contributed by atoms with E-state index in [0.717, 1.165) is 37.8 Å². The molecule has 0 spiro atoms. The van der Waals surface area contributed by atoms with Gasteiger partial charge in [-0.25, -0.2) is 19.2 Å². The molecule has 3 N–H and O–H groups in total.